The van der Waals surface area contributed by atoms with Crippen LogP contribution >= 0.6 is 0 Å². The fraction of sp³-hybridized carbons (Fsp3) is 0.520. The number of phenols is 1. The maximum atomic E-state index is 12.9. The Morgan fingerprint density at radius 2 is 1.41 bits per heavy atom. The quantitative estimate of drug-likeness (QED) is 0.291. The Labute approximate surface area is 187 Å². The van der Waals surface area contributed by atoms with Crippen LogP contribution in [0.5, 0.6) is 5.75 Å². The second kappa shape index (κ2) is 11.3. The summed E-state index contributed by atoms with van der Waals surface area (Å²) in [5.74, 6) is -0.00632. The number of hydrogen-bond donors (Lipinski definition) is 1. The summed E-state index contributed by atoms with van der Waals surface area (Å²) in [6.45, 7) is 2.23. The van der Waals surface area contributed by atoms with Gasteiger partial charge in [0.05, 0.1) is 5.56 Å². The van der Waals surface area contributed by atoms with Crippen molar-refractivity contribution in [3.05, 3.63) is 47.5 Å². The van der Waals surface area contributed by atoms with Crippen molar-refractivity contribution in [1.82, 2.24) is 15.0 Å². The first-order valence-corrected chi connectivity index (χ1v) is 11.6. The molecule has 0 unspecified atom stereocenters. The summed E-state index contributed by atoms with van der Waals surface area (Å²) in [6, 6.07) is 8.54. The zero-order chi connectivity index (χ0) is 23.0. The van der Waals surface area contributed by atoms with E-state index in [0.29, 0.717) is 11.2 Å². The standard InChI is InChI=1S/C25H32F3N3O/c1-2-3-4-5-6-7-8-9-10-11-12-19-13-16-24(32)23(17-19)31-29-21-15-14-20(25(26,27)28)18-22(21)30-31/h13-18,32H,2-12H2,1H3. The fourth-order valence-electron chi connectivity index (χ4n) is 3.90. The third-order valence-corrected chi connectivity index (χ3v) is 5.78. The number of alkyl halides is 3. The molecule has 0 atom stereocenters. The molecule has 0 aliphatic rings. The second-order valence-electron chi connectivity index (χ2n) is 8.45. The Bertz CT molecular complexity index is 998. The first-order valence-electron chi connectivity index (χ1n) is 11.6. The van der Waals surface area contributed by atoms with Gasteiger partial charge in [-0.1, -0.05) is 70.8 Å². The maximum Gasteiger partial charge on any atom is 0.416 e. The van der Waals surface area contributed by atoms with Crippen LogP contribution in [0.15, 0.2) is 36.4 Å². The van der Waals surface area contributed by atoms with E-state index in [-0.39, 0.29) is 11.3 Å². The molecule has 0 radical (unpaired) electrons. The molecule has 1 N–H and O–H groups in total. The van der Waals surface area contributed by atoms with E-state index >= 15 is 0 Å². The number of nitrogens with zero attached hydrogens (tertiary/aromatic N) is 3. The Balaban J connectivity index is 1.54. The summed E-state index contributed by atoms with van der Waals surface area (Å²) >= 11 is 0. The molecule has 0 bridgehead atoms. The van der Waals surface area contributed by atoms with Crippen molar-refractivity contribution in [1.29, 1.82) is 0 Å². The van der Waals surface area contributed by atoms with Crippen LogP contribution in [0.4, 0.5) is 13.2 Å². The van der Waals surface area contributed by atoms with Crippen LogP contribution in [0.3, 0.4) is 0 Å². The Morgan fingerprint density at radius 3 is 2.06 bits per heavy atom. The van der Waals surface area contributed by atoms with Crippen molar-refractivity contribution in [2.75, 3.05) is 0 Å². The van der Waals surface area contributed by atoms with Crippen LogP contribution in [0, 0.1) is 0 Å². The van der Waals surface area contributed by atoms with Crippen LogP contribution in [-0.4, -0.2) is 20.1 Å². The number of aryl methyl sites for hydroxylation is 1. The van der Waals surface area contributed by atoms with Crippen LogP contribution in [0.25, 0.3) is 16.7 Å². The van der Waals surface area contributed by atoms with Gasteiger partial charge in [0.1, 0.15) is 22.5 Å². The molecule has 1 aromatic heterocycles. The molecule has 32 heavy (non-hydrogen) atoms. The predicted molar refractivity (Wildman–Crippen MR) is 121 cm³/mol. The third-order valence-electron chi connectivity index (χ3n) is 5.78. The number of phenolic OH excluding ortho intramolecular Hbond substituents is 1. The first kappa shape index (κ1) is 24.1. The Morgan fingerprint density at radius 1 is 0.781 bits per heavy atom. The average molecular weight is 448 g/mol. The fourth-order valence-corrected chi connectivity index (χ4v) is 3.90. The SMILES string of the molecule is CCCCCCCCCCCCc1ccc(O)c(-n2nc3ccc(C(F)(F)F)cc3n2)c1. The molecule has 0 aliphatic heterocycles. The van der Waals surface area contributed by atoms with Gasteiger partial charge in [0, 0.05) is 0 Å². The molecule has 0 aliphatic carbocycles. The van der Waals surface area contributed by atoms with Gasteiger partial charge in [-0.15, -0.1) is 15.0 Å². The minimum absolute atomic E-state index is 0.00632. The molecule has 3 rings (SSSR count). The minimum atomic E-state index is -4.44. The topological polar surface area (TPSA) is 50.9 Å². The van der Waals surface area contributed by atoms with E-state index in [1.807, 2.05) is 12.1 Å². The Kier molecular flexibility index (Phi) is 8.53. The summed E-state index contributed by atoms with van der Waals surface area (Å²) in [5.41, 5.74) is 1.14. The molecule has 2 aromatic carbocycles. The number of hydrogen-bond acceptors (Lipinski definition) is 3. The average Bonchev–Trinajstić information content (AvgIpc) is 3.18. The number of aromatic hydroxyl groups is 1. The zero-order valence-electron chi connectivity index (χ0n) is 18.7. The zero-order valence-corrected chi connectivity index (χ0v) is 18.7. The molecule has 3 aromatic rings. The lowest BCUT2D eigenvalue weighted by molar-refractivity contribution is -0.137. The molecule has 4 nitrogen and oxygen atoms in total. The van der Waals surface area contributed by atoms with E-state index in [1.54, 1.807) is 6.07 Å². The smallest absolute Gasteiger partial charge is 0.416 e. The first-order chi connectivity index (χ1) is 15.4. The summed E-state index contributed by atoms with van der Waals surface area (Å²) in [7, 11) is 0. The molecular formula is C25H32F3N3O. The number of rotatable bonds is 12. The predicted octanol–water partition coefficient (Wildman–Crippen LogP) is 7.61. The van der Waals surface area contributed by atoms with E-state index < -0.39 is 11.7 Å². The molecular weight excluding hydrogens is 415 g/mol. The van der Waals surface area contributed by atoms with Gasteiger partial charge in [-0.2, -0.15) is 13.2 Å². The van der Waals surface area contributed by atoms with Gasteiger partial charge >= 0.3 is 6.18 Å². The molecule has 0 saturated heterocycles. The largest absolute Gasteiger partial charge is 0.506 e. The van der Waals surface area contributed by atoms with Crippen molar-refractivity contribution in [3.63, 3.8) is 0 Å². The van der Waals surface area contributed by atoms with Gasteiger partial charge in [-0.3, -0.25) is 0 Å². The van der Waals surface area contributed by atoms with Gasteiger partial charge in [-0.25, -0.2) is 0 Å². The molecule has 0 amide bonds. The maximum absolute atomic E-state index is 12.9. The molecule has 7 heteroatoms. The number of aromatic nitrogens is 3. The van der Waals surface area contributed by atoms with E-state index in [0.717, 1.165) is 37.0 Å². The van der Waals surface area contributed by atoms with Gasteiger partial charge in [0.15, 0.2) is 0 Å². The van der Waals surface area contributed by atoms with Crippen molar-refractivity contribution in [2.45, 2.75) is 83.7 Å². The molecule has 174 valence electrons. The number of unbranched alkanes of at least 4 members (excludes halogenated alkanes) is 9. The van der Waals surface area contributed by atoms with Gasteiger partial charge in [0.25, 0.3) is 0 Å². The van der Waals surface area contributed by atoms with Crippen LogP contribution in [0.2, 0.25) is 0 Å². The third kappa shape index (κ3) is 6.71. The number of fused-ring (bicyclic) bond motifs is 1. The number of benzene rings is 2. The van der Waals surface area contributed by atoms with Gasteiger partial charge < -0.3 is 5.11 Å². The Hall–Kier alpha value is -2.57. The van der Waals surface area contributed by atoms with E-state index in [1.165, 1.54) is 62.2 Å². The summed E-state index contributed by atoms with van der Waals surface area (Å²) in [5, 5.41) is 18.7. The van der Waals surface area contributed by atoms with Gasteiger partial charge in [0.2, 0.25) is 0 Å². The molecule has 0 saturated carbocycles. The highest BCUT2D eigenvalue weighted by molar-refractivity contribution is 5.75. The van der Waals surface area contributed by atoms with E-state index in [9.17, 15) is 18.3 Å². The van der Waals surface area contributed by atoms with Crippen LogP contribution in [-0.2, 0) is 12.6 Å². The van der Waals surface area contributed by atoms with Crippen molar-refractivity contribution < 1.29 is 18.3 Å². The summed E-state index contributed by atoms with van der Waals surface area (Å²) in [6.07, 6.45) is 9.12. The minimum Gasteiger partial charge on any atom is -0.506 e. The van der Waals surface area contributed by atoms with Crippen LogP contribution in [0.1, 0.15) is 82.3 Å². The van der Waals surface area contributed by atoms with E-state index in [4.69, 9.17) is 0 Å². The van der Waals surface area contributed by atoms with Crippen molar-refractivity contribution in [3.8, 4) is 11.4 Å². The van der Waals surface area contributed by atoms with E-state index in [2.05, 4.69) is 17.1 Å². The lowest BCUT2D eigenvalue weighted by atomic mass is 10.0. The lowest BCUT2D eigenvalue weighted by Gasteiger charge is -2.07. The molecule has 0 spiro atoms. The van der Waals surface area contributed by atoms with Gasteiger partial charge in [-0.05, 0) is 48.7 Å². The summed E-state index contributed by atoms with van der Waals surface area (Å²) < 4.78 is 38.8. The van der Waals surface area contributed by atoms with Crippen LogP contribution < -0.4 is 0 Å². The normalized spacial score (nSPS) is 12.0. The monoisotopic (exact) mass is 447 g/mol. The van der Waals surface area contributed by atoms with Crippen molar-refractivity contribution >= 4 is 11.0 Å². The highest BCUT2D eigenvalue weighted by Gasteiger charge is 2.31. The lowest BCUT2D eigenvalue weighted by Crippen LogP contribution is -2.04. The highest BCUT2D eigenvalue weighted by Crippen LogP contribution is 2.31. The van der Waals surface area contributed by atoms with Crippen molar-refractivity contribution in [2.24, 2.45) is 0 Å². The summed E-state index contributed by atoms with van der Waals surface area (Å²) in [4.78, 5) is 1.21. The molecule has 0 fully saturated rings. The second-order valence-corrected chi connectivity index (χ2v) is 8.45. The molecule has 1 heterocycles. The highest BCUT2D eigenvalue weighted by atomic mass is 19.4. The number of halogens is 3.